The molecule has 2 unspecified atom stereocenters. The summed E-state index contributed by atoms with van der Waals surface area (Å²) in [5, 5.41) is 3.79. The number of rotatable bonds is 8. The van der Waals surface area contributed by atoms with Crippen molar-refractivity contribution in [2.45, 2.75) is 45.4 Å². The number of carbonyl (C=O) groups excluding carboxylic acids is 1. The Morgan fingerprint density at radius 3 is 2.44 bits per heavy atom. The molecule has 0 heterocycles. The molecular formula is C12H25NO2S. The minimum Gasteiger partial charge on any atom is -0.468 e. The van der Waals surface area contributed by atoms with Crippen molar-refractivity contribution in [3.05, 3.63) is 0 Å². The molecule has 0 aliphatic carbocycles. The van der Waals surface area contributed by atoms with Crippen molar-refractivity contribution in [1.82, 2.24) is 5.32 Å². The summed E-state index contributed by atoms with van der Waals surface area (Å²) in [4.78, 5) is 11.4. The maximum atomic E-state index is 11.4. The van der Waals surface area contributed by atoms with Crippen LogP contribution in [0, 0.1) is 5.92 Å². The molecule has 96 valence electrons. The fourth-order valence-electron chi connectivity index (χ4n) is 1.26. The molecule has 0 amide bonds. The zero-order valence-electron chi connectivity index (χ0n) is 11.1. The van der Waals surface area contributed by atoms with E-state index in [2.05, 4.69) is 26.1 Å². The van der Waals surface area contributed by atoms with Gasteiger partial charge in [-0.3, -0.25) is 4.79 Å². The van der Waals surface area contributed by atoms with Crippen molar-refractivity contribution in [3.8, 4) is 0 Å². The first-order valence-electron chi connectivity index (χ1n) is 5.95. The van der Waals surface area contributed by atoms with Gasteiger partial charge in [0.1, 0.15) is 6.04 Å². The van der Waals surface area contributed by atoms with Gasteiger partial charge < -0.3 is 10.1 Å². The highest BCUT2D eigenvalue weighted by Gasteiger charge is 2.18. The molecule has 3 nitrogen and oxygen atoms in total. The number of esters is 1. The van der Waals surface area contributed by atoms with Gasteiger partial charge >= 0.3 is 5.97 Å². The van der Waals surface area contributed by atoms with Gasteiger partial charge in [0, 0.05) is 5.25 Å². The lowest BCUT2D eigenvalue weighted by Crippen LogP contribution is -2.38. The van der Waals surface area contributed by atoms with Crippen LogP contribution in [-0.2, 0) is 9.53 Å². The number of hydrogen-bond acceptors (Lipinski definition) is 4. The van der Waals surface area contributed by atoms with Crippen molar-refractivity contribution >= 4 is 17.7 Å². The van der Waals surface area contributed by atoms with E-state index in [-0.39, 0.29) is 12.0 Å². The molecule has 16 heavy (non-hydrogen) atoms. The molecule has 0 fully saturated rings. The second-order valence-corrected chi connectivity index (χ2v) is 5.73. The van der Waals surface area contributed by atoms with Crippen LogP contribution in [0.2, 0.25) is 0 Å². The van der Waals surface area contributed by atoms with Gasteiger partial charge in [0.05, 0.1) is 7.11 Å². The second kappa shape index (κ2) is 8.88. The van der Waals surface area contributed by atoms with Gasteiger partial charge in [-0.05, 0) is 24.6 Å². The van der Waals surface area contributed by atoms with Crippen LogP contribution in [-0.4, -0.2) is 36.7 Å². The van der Waals surface area contributed by atoms with Crippen LogP contribution >= 0.6 is 11.8 Å². The van der Waals surface area contributed by atoms with Crippen molar-refractivity contribution in [2.24, 2.45) is 5.92 Å². The molecule has 0 radical (unpaired) electrons. The summed E-state index contributed by atoms with van der Waals surface area (Å²) in [5.41, 5.74) is 0. The number of carbonyl (C=O) groups is 1. The minimum absolute atomic E-state index is 0.151. The fourth-order valence-corrected chi connectivity index (χ4v) is 2.38. The van der Waals surface area contributed by atoms with Crippen LogP contribution in [0.15, 0.2) is 0 Å². The van der Waals surface area contributed by atoms with Gasteiger partial charge in [-0.1, -0.05) is 27.7 Å². The molecule has 0 aromatic carbocycles. The summed E-state index contributed by atoms with van der Waals surface area (Å²) >= 11 is 1.92. The third kappa shape index (κ3) is 6.38. The van der Waals surface area contributed by atoms with Crippen molar-refractivity contribution in [2.75, 3.05) is 19.4 Å². The summed E-state index contributed by atoms with van der Waals surface area (Å²) in [5.74, 6) is 1.52. The molecule has 4 heteroatoms. The summed E-state index contributed by atoms with van der Waals surface area (Å²) in [7, 11) is 1.44. The Balaban J connectivity index is 3.89. The minimum atomic E-state index is -0.153. The molecule has 0 aromatic rings. The highest BCUT2D eigenvalue weighted by Crippen LogP contribution is 2.19. The van der Waals surface area contributed by atoms with Crippen LogP contribution in [0.3, 0.4) is 0 Å². The largest absolute Gasteiger partial charge is 0.468 e. The van der Waals surface area contributed by atoms with Gasteiger partial charge in [0.25, 0.3) is 0 Å². The Morgan fingerprint density at radius 2 is 2.00 bits per heavy atom. The number of hydrogen-bond donors (Lipinski definition) is 1. The first-order valence-corrected chi connectivity index (χ1v) is 7.00. The molecule has 1 N–H and O–H groups in total. The van der Waals surface area contributed by atoms with E-state index in [1.165, 1.54) is 7.11 Å². The van der Waals surface area contributed by atoms with Crippen LogP contribution in [0.4, 0.5) is 0 Å². The van der Waals surface area contributed by atoms with Crippen molar-refractivity contribution in [3.63, 3.8) is 0 Å². The van der Waals surface area contributed by atoms with E-state index in [0.29, 0.717) is 11.2 Å². The van der Waals surface area contributed by atoms with Gasteiger partial charge in [0.2, 0.25) is 0 Å². The third-order valence-electron chi connectivity index (χ3n) is 2.66. The second-order valence-electron chi connectivity index (χ2n) is 4.24. The van der Waals surface area contributed by atoms with Crippen LogP contribution in [0.25, 0.3) is 0 Å². The summed E-state index contributed by atoms with van der Waals surface area (Å²) in [6.45, 7) is 9.47. The summed E-state index contributed by atoms with van der Waals surface area (Å²) in [6, 6.07) is -0.151. The Hall–Kier alpha value is -0.220. The monoisotopic (exact) mass is 247 g/mol. The van der Waals surface area contributed by atoms with E-state index in [0.717, 1.165) is 18.7 Å². The molecule has 0 aliphatic heterocycles. The quantitative estimate of drug-likeness (QED) is 0.668. The van der Waals surface area contributed by atoms with Gasteiger partial charge in [-0.25, -0.2) is 0 Å². The summed E-state index contributed by atoms with van der Waals surface area (Å²) < 4.78 is 4.76. The molecule has 0 saturated carbocycles. The molecule has 0 bridgehead atoms. The van der Waals surface area contributed by atoms with Gasteiger partial charge in [-0.2, -0.15) is 11.8 Å². The predicted molar refractivity (Wildman–Crippen MR) is 70.9 cm³/mol. The van der Waals surface area contributed by atoms with Crippen molar-refractivity contribution in [1.29, 1.82) is 0 Å². The molecule has 0 saturated heterocycles. The topological polar surface area (TPSA) is 38.3 Å². The SMILES string of the molecule is CCNC(CCSC(C)C(C)C)C(=O)OC. The van der Waals surface area contributed by atoms with Crippen LogP contribution < -0.4 is 5.32 Å². The normalized spacial score (nSPS) is 14.9. The van der Waals surface area contributed by atoms with E-state index >= 15 is 0 Å². The maximum absolute atomic E-state index is 11.4. The average molecular weight is 247 g/mol. The first-order chi connectivity index (χ1) is 7.52. The Kier molecular flexibility index (Phi) is 8.76. The van der Waals surface area contributed by atoms with Crippen LogP contribution in [0.1, 0.15) is 34.1 Å². The first kappa shape index (κ1) is 15.8. The maximum Gasteiger partial charge on any atom is 0.322 e. The average Bonchev–Trinajstić information content (AvgIpc) is 2.26. The number of ether oxygens (including phenoxy) is 1. The van der Waals surface area contributed by atoms with E-state index in [1.54, 1.807) is 0 Å². The van der Waals surface area contributed by atoms with E-state index in [1.807, 2.05) is 18.7 Å². The zero-order chi connectivity index (χ0) is 12.6. The summed E-state index contributed by atoms with van der Waals surface area (Å²) in [6.07, 6.45) is 0.836. The fraction of sp³-hybridized carbons (Fsp3) is 0.917. The number of likely N-dealkylation sites (N-methyl/N-ethyl adjacent to an activating group) is 1. The zero-order valence-corrected chi connectivity index (χ0v) is 11.9. The Morgan fingerprint density at radius 1 is 1.38 bits per heavy atom. The predicted octanol–water partition coefficient (Wildman–Crippen LogP) is 2.31. The lowest BCUT2D eigenvalue weighted by Gasteiger charge is -2.18. The Bertz CT molecular complexity index is 197. The van der Waals surface area contributed by atoms with Gasteiger partial charge in [-0.15, -0.1) is 0 Å². The third-order valence-corrected chi connectivity index (χ3v) is 4.20. The van der Waals surface area contributed by atoms with E-state index < -0.39 is 0 Å². The molecule has 0 aromatic heterocycles. The lowest BCUT2D eigenvalue weighted by molar-refractivity contribution is -0.143. The molecule has 0 rings (SSSR count). The number of nitrogens with one attached hydrogen (secondary N) is 1. The number of thioether (sulfide) groups is 1. The van der Waals surface area contributed by atoms with E-state index in [9.17, 15) is 4.79 Å². The Labute approximate surface area is 104 Å². The highest BCUT2D eigenvalue weighted by molar-refractivity contribution is 7.99. The van der Waals surface area contributed by atoms with Crippen LogP contribution in [0.5, 0.6) is 0 Å². The smallest absolute Gasteiger partial charge is 0.322 e. The van der Waals surface area contributed by atoms with Gasteiger partial charge in [0.15, 0.2) is 0 Å². The highest BCUT2D eigenvalue weighted by atomic mass is 32.2. The lowest BCUT2D eigenvalue weighted by atomic mass is 10.2. The molecular weight excluding hydrogens is 222 g/mol. The number of methoxy groups -OCH3 is 1. The molecule has 0 aliphatic rings. The molecule has 2 atom stereocenters. The van der Waals surface area contributed by atoms with E-state index in [4.69, 9.17) is 4.74 Å². The van der Waals surface area contributed by atoms with Crippen molar-refractivity contribution < 1.29 is 9.53 Å². The molecule has 0 spiro atoms. The standard InChI is InChI=1S/C12H25NO2S/c1-6-13-11(12(14)15-5)7-8-16-10(4)9(2)3/h9-11,13H,6-8H2,1-5H3.